The summed E-state index contributed by atoms with van der Waals surface area (Å²) in [5.41, 5.74) is 7.89. The highest BCUT2D eigenvalue weighted by atomic mass is 32.2. The van der Waals surface area contributed by atoms with E-state index in [9.17, 15) is 9.18 Å². The van der Waals surface area contributed by atoms with Gasteiger partial charge in [0.2, 0.25) is 5.91 Å². The average Bonchev–Trinajstić information content (AvgIpc) is 2.42. The van der Waals surface area contributed by atoms with Gasteiger partial charge >= 0.3 is 0 Å². The van der Waals surface area contributed by atoms with E-state index in [0.29, 0.717) is 16.3 Å². The molecule has 0 saturated heterocycles. The Bertz CT molecular complexity index is 631. The molecule has 5 heteroatoms. The first-order chi connectivity index (χ1) is 9.56. The third-order valence-electron chi connectivity index (χ3n) is 2.73. The van der Waals surface area contributed by atoms with Gasteiger partial charge in [-0.05, 0) is 36.8 Å². The van der Waals surface area contributed by atoms with Crippen molar-refractivity contribution < 1.29 is 9.18 Å². The van der Waals surface area contributed by atoms with E-state index in [1.807, 2.05) is 13.0 Å². The predicted octanol–water partition coefficient (Wildman–Crippen LogP) is 3.45. The first-order valence-corrected chi connectivity index (χ1v) is 7.08. The minimum atomic E-state index is -0.314. The maximum Gasteiger partial charge on any atom is 0.234 e. The van der Waals surface area contributed by atoms with Gasteiger partial charge in [-0.25, -0.2) is 4.39 Å². The summed E-state index contributed by atoms with van der Waals surface area (Å²) < 4.78 is 13.4. The third-order valence-corrected chi connectivity index (χ3v) is 3.78. The molecule has 0 aliphatic heterocycles. The topological polar surface area (TPSA) is 55.1 Å². The highest BCUT2D eigenvalue weighted by Gasteiger charge is 2.08. The molecular weight excluding hydrogens is 275 g/mol. The van der Waals surface area contributed by atoms with Crippen LogP contribution in [0.4, 0.5) is 15.8 Å². The van der Waals surface area contributed by atoms with Crippen LogP contribution in [-0.4, -0.2) is 11.7 Å². The summed E-state index contributed by atoms with van der Waals surface area (Å²) in [5.74, 6) is -0.354. The van der Waals surface area contributed by atoms with Gasteiger partial charge in [0.15, 0.2) is 0 Å². The number of nitrogens with two attached hydrogens (primary N) is 1. The number of amides is 1. The van der Waals surface area contributed by atoms with Crippen LogP contribution < -0.4 is 11.1 Å². The molecule has 2 aromatic rings. The summed E-state index contributed by atoms with van der Waals surface area (Å²) in [6.07, 6.45) is 0. The second kappa shape index (κ2) is 6.43. The highest BCUT2D eigenvalue weighted by molar-refractivity contribution is 8.00. The van der Waals surface area contributed by atoms with Crippen LogP contribution in [0.15, 0.2) is 47.4 Å². The minimum absolute atomic E-state index is 0.148. The van der Waals surface area contributed by atoms with E-state index < -0.39 is 0 Å². The van der Waals surface area contributed by atoms with E-state index in [4.69, 9.17) is 5.73 Å². The molecule has 0 bridgehead atoms. The number of carbonyl (C=O) groups is 1. The Hall–Kier alpha value is -2.01. The van der Waals surface area contributed by atoms with Gasteiger partial charge in [-0.2, -0.15) is 0 Å². The van der Waals surface area contributed by atoms with E-state index in [-0.39, 0.29) is 17.5 Å². The van der Waals surface area contributed by atoms with E-state index in [1.54, 1.807) is 30.3 Å². The summed E-state index contributed by atoms with van der Waals surface area (Å²) in [6.45, 7) is 1.89. The molecule has 104 valence electrons. The SMILES string of the molecule is Cc1ccc(N)cc1NC(=O)CSc1ccccc1F. The van der Waals surface area contributed by atoms with Crippen LogP contribution in [0.25, 0.3) is 0 Å². The molecule has 3 N–H and O–H groups in total. The maximum absolute atomic E-state index is 13.4. The van der Waals surface area contributed by atoms with Crippen molar-refractivity contribution in [2.75, 3.05) is 16.8 Å². The van der Waals surface area contributed by atoms with Crippen molar-refractivity contribution in [3.05, 3.63) is 53.8 Å². The Kier molecular flexibility index (Phi) is 4.63. The van der Waals surface area contributed by atoms with Gasteiger partial charge in [-0.3, -0.25) is 4.79 Å². The summed E-state index contributed by atoms with van der Waals surface area (Å²) >= 11 is 1.17. The van der Waals surface area contributed by atoms with Gasteiger partial charge in [0.1, 0.15) is 5.82 Å². The molecule has 3 nitrogen and oxygen atoms in total. The largest absolute Gasteiger partial charge is 0.399 e. The number of nitrogen functional groups attached to an aromatic ring is 1. The first-order valence-electron chi connectivity index (χ1n) is 6.09. The summed E-state index contributed by atoms with van der Waals surface area (Å²) in [5, 5.41) is 2.78. The van der Waals surface area contributed by atoms with E-state index in [0.717, 1.165) is 5.56 Å². The quantitative estimate of drug-likeness (QED) is 0.670. The van der Waals surface area contributed by atoms with Gasteiger partial charge in [0, 0.05) is 16.3 Å². The molecule has 0 aromatic heterocycles. The fourth-order valence-corrected chi connectivity index (χ4v) is 2.41. The van der Waals surface area contributed by atoms with Crippen LogP contribution in [0.3, 0.4) is 0 Å². The van der Waals surface area contributed by atoms with Crippen molar-refractivity contribution in [2.45, 2.75) is 11.8 Å². The van der Waals surface area contributed by atoms with Gasteiger partial charge in [0.05, 0.1) is 5.75 Å². The van der Waals surface area contributed by atoms with Crippen molar-refractivity contribution in [3.8, 4) is 0 Å². The molecule has 20 heavy (non-hydrogen) atoms. The van der Waals surface area contributed by atoms with Gasteiger partial charge in [0.25, 0.3) is 0 Å². The summed E-state index contributed by atoms with van der Waals surface area (Å²) in [4.78, 5) is 12.3. The van der Waals surface area contributed by atoms with Crippen LogP contribution in [0.5, 0.6) is 0 Å². The maximum atomic E-state index is 13.4. The molecule has 0 aliphatic rings. The van der Waals surface area contributed by atoms with Crippen molar-refractivity contribution in [1.29, 1.82) is 0 Å². The molecule has 0 saturated carbocycles. The average molecular weight is 290 g/mol. The Balaban J connectivity index is 1.96. The van der Waals surface area contributed by atoms with E-state index >= 15 is 0 Å². The predicted molar refractivity (Wildman–Crippen MR) is 81.3 cm³/mol. The zero-order valence-electron chi connectivity index (χ0n) is 11.0. The van der Waals surface area contributed by atoms with E-state index in [2.05, 4.69) is 5.32 Å². The monoisotopic (exact) mass is 290 g/mol. The number of aryl methyl sites for hydroxylation is 1. The summed E-state index contributed by atoms with van der Waals surface area (Å²) in [7, 11) is 0. The minimum Gasteiger partial charge on any atom is -0.399 e. The first kappa shape index (κ1) is 14.4. The summed E-state index contributed by atoms with van der Waals surface area (Å²) in [6, 6.07) is 11.7. The Morgan fingerprint density at radius 1 is 1.30 bits per heavy atom. The molecular formula is C15H15FN2OS. The van der Waals surface area contributed by atoms with Gasteiger partial charge in [-0.1, -0.05) is 18.2 Å². The molecule has 0 radical (unpaired) electrons. The molecule has 2 aromatic carbocycles. The lowest BCUT2D eigenvalue weighted by Crippen LogP contribution is -2.15. The van der Waals surface area contributed by atoms with Crippen LogP contribution >= 0.6 is 11.8 Å². The van der Waals surface area contributed by atoms with Crippen molar-refractivity contribution >= 4 is 29.0 Å². The molecule has 2 rings (SSSR count). The lowest BCUT2D eigenvalue weighted by atomic mass is 10.2. The number of anilines is 2. The second-order valence-electron chi connectivity index (χ2n) is 4.34. The fraction of sp³-hybridized carbons (Fsp3) is 0.133. The van der Waals surface area contributed by atoms with E-state index in [1.165, 1.54) is 17.8 Å². The van der Waals surface area contributed by atoms with Crippen molar-refractivity contribution in [2.24, 2.45) is 0 Å². The molecule has 0 spiro atoms. The smallest absolute Gasteiger partial charge is 0.234 e. The van der Waals surface area contributed by atoms with Gasteiger partial charge < -0.3 is 11.1 Å². The number of benzene rings is 2. The number of thioether (sulfide) groups is 1. The lowest BCUT2D eigenvalue weighted by molar-refractivity contribution is -0.113. The molecule has 0 fully saturated rings. The number of nitrogens with one attached hydrogen (secondary N) is 1. The number of rotatable bonds is 4. The molecule has 0 atom stereocenters. The van der Waals surface area contributed by atoms with Crippen LogP contribution in [0, 0.1) is 12.7 Å². The van der Waals surface area contributed by atoms with Gasteiger partial charge in [-0.15, -0.1) is 11.8 Å². The highest BCUT2D eigenvalue weighted by Crippen LogP contribution is 2.22. The number of hydrogen-bond acceptors (Lipinski definition) is 3. The number of hydrogen-bond donors (Lipinski definition) is 2. The second-order valence-corrected chi connectivity index (χ2v) is 5.36. The zero-order valence-corrected chi connectivity index (χ0v) is 11.8. The van der Waals surface area contributed by atoms with Crippen molar-refractivity contribution in [3.63, 3.8) is 0 Å². The lowest BCUT2D eigenvalue weighted by Gasteiger charge is -2.09. The Morgan fingerprint density at radius 3 is 2.80 bits per heavy atom. The number of carbonyl (C=O) groups excluding carboxylic acids is 1. The van der Waals surface area contributed by atoms with Crippen molar-refractivity contribution in [1.82, 2.24) is 0 Å². The molecule has 0 aliphatic carbocycles. The third kappa shape index (κ3) is 3.74. The van der Waals surface area contributed by atoms with Crippen LogP contribution in [-0.2, 0) is 4.79 Å². The molecule has 0 heterocycles. The standard InChI is InChI=1S/C15H15FN2OS/c1-10-6-7-11(17)8-13(10)18-15(19)9-20-14-5-3-2-4-12(14)16/h2-8H,9,17H2,1H3,(H,18,19). The van der Waals surface area contributed by atoms with Crippen LogP contribution in [0.1, 0.15) is 5.56 Å². The molecule has 0 unspecified atom stereocenters. The Morgan fingerprint density at radius 2 is 2.05 bits per heavy atom. The molecule has 1 amide bonds. The normalized spacial score (nSPS) is 10.3. The number of halogens is 1. The Labute approximate surface area is 121 Å². The fourth-order valence-electron chi connectivity index (χ4n) is 1.67. The zero-order chi connectivity index (χ0) is 14.5. The van der Waals surface area contributed by atoms with Crippen LogP contribution in [0.2, 0.25) is 0 Å².